The van der Waals surface area contributed by atoms with E-state index in [0.717, 1.165) is 52.4 Å². The Hall–Kier alpha value is -8.21. The maximum absolute atomic E-state index is 11.8. The average molecular weight is 808 g/mol. The Kier molecular flexibility index (Phi) is 10.8. The van der Waals surface area contributed by atoms with Gasteiger partial charge in [-0.1, -0.05) is 44.2 Å². The molecule has 0 aliphatic rings. The molecule has 3 heterocycles. The Morgan fingerprint density at radius 3 is 1.76 bits per heavy atom. The summed E-state index contributed by atoms with van der Waals surface area (Å²) >= 11 is 1.11. The summed E-state index contributed by atoms with van der Waals surface area (Å²) in [6.45, 7) is 5.50. The van der Waals surface area contributed by atoms with Gasteiger partial charge in [0.05, 0.1) is 27.9 Å². The molecule has 294 valence electrons. The van der Waals surface area contributed by atoms with E-state index in [2.05, 4.69) is 56.4 Å². The number of nitrogen functional groups attached to an aromatic ring is 1. The number of amides is 1. The third-order valence-electron chi connectivity index (χ3n) is 7.77. The van der Waals surface area contributed by atoms with Crippen molar-refractivity contribution in [3.05, 3.63) is 88.6 Å². The van der Waals surface area contributed by atoms with Gasteiger partial charge in [0.25, 0.3) is 11.1 Å². The first-order valence-electron chi connectivity index (χ1n) is 16.5. The zero-order valence-corrected chi connectivity index (χ0v) is 31.0. The lowest BCUT2D eigenvalue weighted by Crippen LogP contribution is -2.15. The molecular formula is C35H29N13O9S. The molecule has 0 aliphatic carbocycles. The Balaban J connectivity index is 1.45. The van der Waals surface area contributed by atoms with Crippen LogP contribution in [0.25, 0.3) is 16.5 Å². The van der Waals surface area contributed by atoms with E-state index in [0.29, 0.717) is 28.4 Å². The van der Waals surface area contributed by atoms with Crippen molar-refractivity contribution in [2.75, 3.05) is 21.7 Å². The van der Waals surface area contributed by atoms with Crippen molar-refractivity contribution in [1.29, 1.82) is 0 Å². The number of carboxylic acid groups (broad SMARTS) is 4. The van der Waals surface area contributed by atoms with Gasteiger partial charge in [0, 0.05) is 28.0 Å². The Morgan fingerprint density at radius 1 is 0.741 bits per heavy atom. The van der Waals surface area contributed by atoms with E-state index in [1.807, 2.05) is 20.8 Å². The summed E-state index contributed by atoms with van der Waals surface area (Å²) in [6, 6.07) is 13.4. The molecule has 3 aromatic heterocycles. The van der Waals surface area contributed by atoms with E-state index in [4.69, 9.17) is 5.73 Å². The Labute approximate surface area is 329 Å². The second-order valence-corrected chi connectivity index (χ2v) is 14.0. The van der Waals surface area contributed by atoms with Gasteiger partial charge in [-0.25, -0.2) is 19.2 Å². The van der Waals surface area contributed by atoms with Crippen LogP contribution in [0.5, 0.6) is 0 Å². The second kappa shape index (κ2) is 15.9. The first kappa shape index (κ1) is 39.5. The molecule has 0 unspecified atom stereocenters. The van der Waals surface area contributed by atoms with E-state index >= 15 is 0 Å². The molecule has 0 saturated carbocycles. The molecule has 0 saturated heterocycles. The molecule has 1 amide bonds. The normalized spacial score (nSPS) is 11.3. The van der Waals surface area contributed by atoms with Crippen molar-refractivity contribution in [2.45, 2.75) is 26.2 Å². The molecule has 9 N–H and O–H groups in total. The minimum Gasteiger partial charge on any atom is -0.478 e. The summed E-state index contributed by atoms with van der Waals surface area (Å²) in [6.07, 6.45) is 0.551. The SMILES string of the molecule is CC(C)(C)c1nn(-c2nc(Nc3cc(C(=O)O)cc(C(=O)O)c3)nc(Nc3cc(C(=O)O)cc(C(=O)O)c3)n2)c(N)c1N=Nc1nnc(-c2cccc(NC=O)c2)s1. The highest BCUT2D eigenvalue weighted by Gasteiger charge is 2.28. The van der Waals surface area contributed by atoms with Gasteiger partial charge in [-0.2, -0.15) is 24.7 Å². The molecule has 0 aliphatic heterocycles. The number of aromatic nitrogens is 7. The number of rotatable bonds is 14. The van der Waals surface area contributed by atoms with Crippen LogP contribution in [-0.2, 0) is 10.2 Å². The van der Waals surface area contributed by atoms with E-state index in [-0.39, 0.29) is 68.1 Å². The zero-order chi connectivity index (χ0) is 41.9. The van der Waals surface area contributed by atoms with Gasteiger partial charge in [-0.05, 0) is 48.5 Å². The largest absolute Gasteiger partial charge is 0.478 e. The number of benzene rings is 3. The van der Waals surface area contributed by atoms with Crippen LogP contribution in [0.4, 0.5) is 45.6 Å². The summed E-state index contributed by atoms with van der Waals surface area (Å²) in [5.41, 5.74) is 6.00. The van der Waals surface area contributed by atoms with Gasteiger partial charge in [0.2, 0.25) is 18.3 Å². The van der Waals surface area contributed by atoms with Gasteiger partial charge in [0.15, 0.2) is 11.5 Å². The minimum absolute atomic E-state index is 0.0529. The van der Waals surface area contributed by atoms with Crippen molar-refractivity contribution in [2.24, 2.45) is 10.2 Å². The summed E-state index contributed by atoms with van der Waals surface area (Å²) in [7, 11) is 0. The number of carbonyl (C=O) groups excluding carboxylic acids is 1. The number of nitrogens with two attached hydrogens (primary N) is 1. The quantitative estimate of drug-likeness (QED) is 0.0481. The molecule has 6 aromatic rings. The highest BCUT2D eigenvalue weighted by atomic mass is 32.1. The Bertz CT molecular complexity index is 2510. The van der Waals surface area contributed by atoms with Crippen molar-refractivity contribution in [3.8, 4) is 16.5 Å². The van der Waals surface area contributed by atoms with Crippen LogP contribution >= 0.6 is 11.3 Å². The van der Waals surface area contributed by atoms with Crippen LogP contribution < -0.4 is 21.7 Å². The standard InChI is InChI=1S/C35H29N13O9S/c1-35(2,3)24-23(43-45-34-46-44-26(58-34)15-5-4-6-20(9-15)37-14-49)25(36)48(47-24)33-41-31(38-21-10-16(27(50)51)7-17(11-21)28(52)53)40-32(42-33)39-22-12-18(29(54)55)8-19(13-22)30(56)57/h4-14H,36H2,1-3H3,(H,37,49)(H,50,51)(H,52,53)(H,54,55)(H,56,57)(H2,38,39,40,41,42). The fraction of sp³-hybridized carbons (Fsp3) is 0.114. The van der Waals surface area contributed by atoms with Gasteiger partial charge >= 0.3 is 23.9 Å². The van der Waals surface area contributed by atoms with Crippen LogP contribution in [0.3, 0.4) is 0 Å². The summed E-state index contributed by atoms with van der Waals surface area (Å²) in [5.74, 6) is -6.64. The Morgan fingerprint density at radius 2 is 1.28 bits per heavy atom. The number of anilines is 6. The van der Waals surface area contributed by atoms with Crippen LogP contribution in [0.1, 0.15) is 67.9 Å². The molecule has 22 nitrogen and oxygen atoms in total. The fourth-order valence-corrected chi connectivity index (χ4v) is 5.84. The lowest BCUT2D eigenvalue weighted by Gasteiger charge is -2.15. The third kappa shape index (κ3) is 8.84. The molecule has 58 heavy (non-hydrogen) atoms. The fourth-order valence-electron chi connectivity index (χ4n) is 5.18. The van der Waals surface area contributed by atoms with Crippen molar-refractivity contribution < 1.29 is 44.4 Å². The molecule has 0 atom stereocenters. The predicted octanol–water partition coefficient (Wildman–Crippen LogP) is 5.72. The van der Waals surface area contributed by atoms with E-state index in [1.54, 1.807) is 24.3 Å². The number of hydrogen-bond donors (Lipinski definition) is 8. The van der Waals surface area contributed by atoms with Crippen molar-refractivity contribution in [3.63, 3.8) is 0 Å². The summed E-state index contributed by atoms with van der Waals surface area (Å²) in [5, 5.41) is 68.7. The topological polar surface area (TPSA) is 335 Å². The van der Waals surface area contributed by atoms with Gasteiger partial charge < -0.3 is 42.1 Å². The number of hydrogen-bond acceptors (Lipinski definition) is 17. The van der Waals surface area contributed by atoms with Gasteiger partial charge in [0.1, 0.15) is 5.01 Å². The zero-order valence-electron chi connectivity index (χ0n) is 30.2. The molecule has 0 spiro atoms. The number of carbonyl (C=O) groups is 5. The van der Waals surface area contributed by atoms with E-state index < -0.39 is 29.3 Å². The monoisotopic (exact) mass is 807 g/mol. The maximum Gasteiger partial charge on any atom is 0.335 e. The summed E-state index contributed by atoms with van der Waals surface area (Å²) in [4.78, 5) is 71.2. The highest BCUT2D eigenvalue weighted by Crippen LogP contribution is 2.39. The van der Waals surface area contributed by atoms with Crippen LogP contribution in [0, 0.1) is 0 Å². The lowest BCUT2D eigenvalue weighted by atomic mass is 9.91. The predicted molar refractivity (Wildman–Crippen MR) is 207 cm³/mol. The number of nitrogens with zero attached hydrogens (tertiary/aromatic N) is 9. The summed E-state index contributed by atoms with van der Waals surface area (Å²) < 4.78 is 1.11. The van der Waals surface area contributed by atoms with Crippen LogP contribution in [-0.4, -0.2) is 85.6 Å². The first-order valence-corrected chi connectivity index (χ1v) is 17.3. The molecule has 0 radical (unpaired) electrons. The second-order valence-electron chi connectivity index (χ2n) is 13.0. The van der Waals surface area contributed by atoms with Gasteiger partial charge in [-0.3, -0.25) is 4.79 Å². The van der Waals surface area contributed by atoms with Crippen molar-refractivity contribution >= 4 is 87.2 Å². The number of carboxylic acids is 4. The molecule has 0 fully saturated rings. The van der Waals surface area contributed by atoms with Crippen molar-refractivity contribution in [1.82, 2.24) is 34.9 Å². The molecule has 23 heteroatoms. The first-order chi connectivity index (χ1) is 27.5. The third-order valence-corrected chi connectivity index (χ3v) is 8.63. The van der Waals surface area contributed by atoms with Crippen LogP contribution in [0.15, 0.2) is 70.9 Å². The van der Waals surface area contributed by atoms with E-state index in [9.17, 15) is 44.4 Å². The smallest absolute Gasteiger partial charge is 0.335 e. The number of azo groups is 1. The lowest BCUT2D eigenvalue weighted by molar-refractivity contribution is -0.105. The molecular weight excluding hydrogens is 779 g/mol. The molecule has 3 aromatic carbocycles. The highest BCUT2D eigenvalue weighted by molar-refractivity contribution is 7.18. The maximum atomic E-state index is 11.8. The van der Waals surface area contributed by atoms with Gasteiger partial charge in [-0.15, -0.1) is 20.4 Å². The number of aromatic carboxylic acids is 4. The number of nitrogens with one attached hydrogen (secondary N) is 3. The minimum atomic E-state index is -1.41. The molecule has 0 bridgehead atoms. The average Bonchev–Trinajstić information content (AvgIpc) is 3.78. The van der Waals surface area contributed by atoms with E-state index in [1.165, 1.54) is 0 Å². The van der Waals surface area contributed by atoms with Crippen LogP contribution in [0.2, 0.25) is 0 Å². The molecule has 6 rings (SSSR count).